The van der Waals surface area contributed by atoms with Crippen LogP contribution in [-0.4, -0.2) is 11.1 Å². The van der Waals surface area contributed by atoms with Gasteiger partial charge in [0.25, 0.3) is 0 Å². The van der Waals surface area contributed by atoms with Crippen LogP contribution in [0.5, 0.6) is 5.88 Å². The van der Waals surface area contributed by atoms with Gasteiger partial charge >= 0.3 is 0 Å². The van der Waals surface area contributed by atoms with Gasteiger partial charge < -0.3 is 4.74 Å². The summed E-state index contributed by atoms with van der Waals surface area (Å²) in [5, 5.41) is 0. The maximum atomic E-state index is 5.88. The lowest BCUT2D eigenvalue weighted by molar-refractivity contribution is 0.0814. The van der Waals surface area contributed by atoms with Gasteiger partial charge in [0.05, 0.1) is 0 Å². The monoisotopic (exact) mass is 205 g/mol. The number of pyridine rings is 1. The molecule has 1 atom stereocenters. The molecule has 0 N–H and O–H groups in total. The summed E-state index contributed by atoms with van der Waals surface area (Å²) in [5.74, 6) is 0.764. The average Bonchev–Trinajstić information content (AvgIpc) is 2.17. The Labute approximate surface area is 91.7 Å². The molecule has 0 bridgehead atoms. The van der Waals surface area contributed by atoms with Crippen LogP contribution in [0.15, 0.2) is 24.4 Å². The van der Waals surface area contributed by atoms with E-state index in [1.807, 2.05) is 18.2 Å². The third kappa shape index (κ3) is 2.95. The first-order valence-electron chi connectivity index (χ1n) is 5.73. The Kier molecular flexibility index (Phi) is 2.94. The zero-order chi connectivity index (χ0) is 10.7. The third-order valence-corrected chi connectivity index (χ3v) is 3.09. The molecule has 82 valence electrons. The van der Waals surface area contributed by atoms with Crippen molar-refractivity contribution >= 4 is 0 Å². The van der Waals surface area contributed by atoms with Crippen LogP contribution < -0.4 is 4.74 Å². The summed E-state index contributed by atoms with van der Waals surface area (Å²) >= 11 is 0. The highest BCUT2D eigenvalue weighted by atomic mass is 16.5. The third-order valence-electron chi connectivity index (χ3n) is 3.09. The molecule has 0 amide bonds. The molecule has 1 aliphatic carbocycles. The average molecular weight is 205 g/mol. The van der Waals surface area contributed by atoms with E-state index in [0.29, 0.717) is 11.5 Å². The van der Waals surface area contributed by atoms with Gasteiger partial charge in [-0.3, -0.25) is 0 Å². The Morgan fingerprint density at radius 1 is 1.40 bits per heavy atom. The summed E-state index contributed by atoms with van der Waals surface area (Å²) in [7, 11) is 0. The maximum absolute atomic E-state index is 5.88. The van der Waals surface area contributed by atoms with Gasteiger partial charge in [-0.25, -0.2) is 4.98 Å². The Balaban J connectivity index is 1.95. The summed E-state index contributed by atoms with van der Waals surface area (Å²) in [4.78, 5) is 4.20. The molecule has 15 heavy (non-hydrogen) atoms. The molecule has 0 aliphatic heterocycles. The Bertz CT molecular complexity index is 308. The Morgan fingerprint density at radius 2 is 2.27 bits per heavy atom. The molecule has 1 aliphatic rings. The van der Waals surface area contributed by atoms with Gasteiger partial charge in [-0.15, -0.1) is 0 Å². The van der Waals surface area contributed by atoms with Crippen LogP contribution in [0.2, 0.25) is 0 Å². The highest BCUT2D eigenvalue weighted by molar-refractivity contribution is 5.09. The van der Waals surface area contributed by atoms with Gasteiger partial charge in [-0.2, -0.15) is 0 Å². The standard InChI is InChI=1S/C13H19NO/c1-13(2)8-5-6-11(10-13)15-12-7-3-4-9-14-12/h3-4,7,9,11H,5-6,8,10H2,1-2H3. The zero-order valence-electron chi connectivity index (χ0n) is 9.57. The summed E-state index contributed by atoms with van der Waals surface area (Å²) in [5.41, 5.74) is 0.428. The quantitative estimate of drug-likeness (QED) is 0.738. The second-order valence-electron chi connectivity index (χ2n) is 5.17. The molecule has 2 heteroatoms. The summed E-state index contributed by atoms with van der Waals surface area (Å²) in [6, 6.07) is 5.82. The van der Waals surface area contributed by atoms with E-state index in [4.69, 9.17) is 4.74 Å². The predicted molar refractivity (Wildman–Crippen MR) is 60.9 cm³/mol. The van der Waals surface area contributed by atoms with Crippen LogP contribution in [0.1, 0.15) is 39.5 Å². The first kappa shape index (κ1) is 10.5. The molecule has 0 radical (unpaired) electrons. The van der Waals surface area contributed by atoms with Crippen molar-refractivity contribution in [2.75, 3.05) is 0 Å². The number of hydrogen-bond donors (Lipinski definition) is 0. The van der Waals surface area contributed by atoms with E-state index < -0.39 is 0 Å². The Hall–Kier alpha value is -1.05. The van der Waals surface area contributed by atoms with Crippen LogP contribution in [0, 0.1) is 5.41 Å². The van der Waals surface area contributed by atoms with E-state index >= 15 is 0 Å². The van der Waals surface area contributed by atoms with E-state index in [1.165, 1.54) is 19.3 Å². The van der Waals surface area contributed by atoms with Crippen molar-refractivity contribution in [3.8, 4) is 5.88 Å². The summed E-state index contributed by atoms with van der Waals surface area (Å²) in [6.07, 6.45) is 7.02. The van der Waals surface area contributed by atoms with E-state index in [-0.39, 0.29) is 0 Å². The smallest absolute Gasteiger partial charge is 0.213 e. The van der Waals surface area contributed by atoms with E-state index in [9.17, 15) is 0 Å². The minimum absolute atomic E-state index is 0.351. The van der Waals surface area contributed by atoms with Crippen molar-refractivity contribution in [2.45, 2.75) is 45.6 Å². The summed E-state index contributed by atoms with van der Waals surface area (Å²) < 4.78 is 5.88. The minimum atomic E-state index is 0.351. The second kappa shape index (κ2) is 4.21. The number of ether oxygens (including phenoxy) is 1. The van der Waals surface area contributed by atoms with E-state index in [0.717, 1.165) is 12.3 Å². The zero-order valence-corrected chi connectivity index (χ0v) is 9.57. The van der Waals surface area contributed by atoms with Crippen molar-refractivity contribution < 1.29 is 4.74 Å². The van der Waals surface area contributed by atoms with Crippen molar-refractivity contribution in [1.29, 1.82) is 0 Å². The van der Waals surface area contributed by atoms with Crippen LogP contribution >= 0.6 is 0 Å². The lowest BCUT2D eigenvalue weighted by atomic mass is 9.76. The number of nitrogens with zero attached hydrogens (tertiary/aromatic N) is 1. The molecule has 1 heterocycles. The van der Waals surface area contributed by atoms with Crippen LogP contribution in [0.4, 0.5) is 0 Å². The van der Waals surface area contributed by atoms with Crippen LogP contribution in [-0.2, 0) is 0 Å². The second-order valence-corrected chi connectivity index (χ2v) is 5.17. The molecule has 1 aromatic heterocycles. The molecule has 1 aromatic rings. The molecular formula is C13H19NO. The number of hydrogen-bond acceptors (Lipinski definition) is 2. The van der Waals surface area contributed by atoms with Crippen molar-refractivity contribution in [1.82, 2.24) is 4.98 Å². The lowest BCUT2D eigenvalue weighted by Crippen LogP contribution is -2.30. The minimum Gasteiger partial charge on any atom is -0.474 e. The molecule has 0 spiro atoms. The van der Waals surface area contributed by atoms with Gasteiger partial charge in [0.15, 0.2) is 0 Å². The normalized spacial score (nSPS) is 24.8. The maximum Gasteiger partial charge on any atom is 0.213 e. The van der Waals surface area contributed by atoms with E-state index in [2.05, 4.69) is 18.8 Å². The van der Waals surface area contributed by atoms with Crippen LogP contribution in [0.3, 0.4) is 0 Å². The van der Waals surface area contributed by atoms with Gasteiger partial charge in [0.2, 0.25) is 5.88 Å². The highest BCUT2D eigenvalue weighted by Gasteiger charge is 2.29. The van der Waals surface area contributed by atoms with Gasteiger partial charge in [0.1, 0.15) is 6.10 Å². The molecule has 1 unspecified atom stereocenters. The highest BCUT2D eigenvalue weighted by Crippen LogP contribution is 2.36. The molecule has 2 nitrogen and oxygen atoms in total. The van der Waals surface area contributed by atoms with Crippen molar-refractivity contribution in [2.24, 2.45) is 5.41 Å². The molecule has 1 saturated carbocycles. The fraction of sp³-hybridized carbons (Fsp3) is 0.615. The van der Waals surface area contributed by atoms with Gasteiger partial charge in [-0.05, 0) is 37.2 Å². The lowest BCUT2D eigenvalue weighted by Gasteiger charge is -2.34. The Morgan fingerprint density at radius 3 is 2.93 bits per heavy atom. The molecule has 1 fully saturated rings. The molecule has 0 saturated heterocycles. The van der Waals surface area contributed by atoms with Gasteiger partial charge in [0, 0.05) is 12.3 Å². The number of rotatable bonds is 2. The fourth-order valence-electron chi connectivity index (χ4n) is 2.32. The van der Waals surface area contributed by atoms with Gasteiger partial charge in [-0.1, -0.05) is 19.9 Å². The predicted octanol–water partition coefficient (Wildman–Crippen LogP) is 3.43. The van der Waals surface area contributed by atoms with E-state index in [1.54, 1.807) is 6.20 Å². The van der Waals surface area contributed by atoms with Crippen molar-refractivity contribution in [3.63, 3.8) is 0 Å². The topological polar surface area (TPSA) is 22.1 Å². The molecule has 2 rings (SSSR count). The first-order valence-corrected chi connectivity index (χ1v) is 5.73. The first-order chi connectivity index (χ1) is 7.16. The van der Waals surface area contributed by atoms with Crippen LogP contribution in [0.25, 0.3) is 0 Å². The largest absolute Gasteiger partial charge is 0.474 e. The SMILES string of the molecule is CC1(C)CCCC(Oc2ccccn2)C1. The summed E-state index contributed by atoms with van der Waals surface area (Å²) in [6.45, 7) is 4.64. The number of aromatic nitrogens is 1. The molecular weight excluding hydrogens is 186 g/mol. The fourth-order valence-corrected chi connectivity index (χ4v) is 2.32. The van der Waals surface area contributed by atoms with Crippen molar-refractivity contribution in [3.05, 3.63) is 24.4 Å². The molecule has 0 aromatic carbocycles.